The molecule has 2 aromatic carbocycles. The molecule has 35 heavy (non-hydrogen) atoms. The van der Waals surface area contributed by atoms with Gasteiger partial charge in [0.2, 0.25) is 0 Å². The van der Waals surface area contributed by atoms with Gasteiger partial charge in [-0.05, 0) is 94.3 Å². The first-order chi connectivity index (χ1) is 16.8. The lowest BCUT2D eigenvalue weighted by Crippen LogP contribution is -2.28. The van der Waals surface area contributed by atoms with Gasteiger partial charge in [-0.1, -0.05) is 12.1 Å². The molecule has 2 N–H and O–H groups in total. The van der Waals surface area contributed by atoms with Crippen molar-refractivity contribution in [3.63, 3.8) is 0 Å². The molecule has 6 nitrogen and oxygen atoms in total. The Kier molecular flexibility index (Phi) is 6.49. The highest BCUT2D eigenvalue weighted by Gasteiger charge is 2.29. The lowest BCUT2D eigenvalue weighted by atomic mass is 10.00. The first-order valence-corrected chi connectivity index (χ1v) is 12.9. The summed E-state index contributed by atoms with van der Waals surface area (Å²) in [6.45, 7) is 8.52. The topological polar surface area (TPSA) is 62.6 Å². The van der Waals surface area contributed by atoms with E-state index in [4.69, 9.17) is 9.84 Å². The third kappa shape index (κ3) is 5.18. The molecular formula is C29H38N4O2. The standard InChI is InChI=1S/C29H38N4O2/c1-29(2,3)33-28(18-26(31-33)21-9-11-24(34)17-21)30-23-10-14-27-22(16-23)6-5-15-32(27)19-20-7-12-25(35-4)13-8-20/h7-8,10,12-14,16,18,21,24,30,34H,5-6,9,11,15,17,19H2,1-4H3/t21-,24+/m0/s1. The fraction of sp³-hybridized carbons (Fsp3) is 0.483. The maximum absolute atomic E-state index is 10.0. The predicted octanol–water partition coefficient (Wildman–Crippen LogP) is 5.97. The number of benzene rings is 2. The fourth-order valence-corrected chi connectivity index (χ4v) is 5.44. The lowest BCUT2D eigenvalue weighted by molar-refractivity contribution is 0.181. The SMILES string of the molecule is COc1ccc(CN2CCCc3cc(Nc4cc([C@H]5CC[C@@H](O)C5)nn4C(C)(C)C)ccc32)cc1. The number of anilines is 3. The molecule has 0 saturated heterocycles. The number of rotatable bonds is 6. The Labute approximate surface area is 208 Å². The number of aliphatic hydroxyl groups excluding tert-OH is 1. The Hall–Kier alpha value is -2.99. The van der Waals surface area contributed by atoms with Gasteiger partial charge in [0.05, 0.1) is 24.4 Å². The second-order valence-corrected chi connectivity index (χ2v) is 11.0. The maximum atomic E-state index is 10.0. The summed E-state index contributed by atoms with van der Waals surface area (Å²) in [7, 11) is 1.70. The van der Waals surface area contributed by atoms with Crippen molar-refractivity contribution in [3.05, 3.63) is 65.4 Å². The molecule has 3 aromatic rings. The Morgan fingerprint density at radius 2 is 1.89 bits per heavy atom. The van der Waals surface area contributed by atoms with E-state index in [0.717, 1.165) is 68.1 Å². The van der Waals surface area contributed by atoms with E-state index in [1.54, 1.807) is 7.11 Å². The summed E-state index contributed by atoms with van der Waals surface area (Å²) in [5, 5.41) is 18.7. The zero-order valence-electron chi connectivity index (χ0n) is 21.4. The molecular weight excluding hydrogens is 436 g/mol. The quantitative estimate of drug-likeness (QED) is 0.461. The van der Waals surface area contributed by atoms with Gasteiger partial charge in [0, 0.05) is 36.4 Å². The second kappa shape index (κ2) is 9.57. The Balaban J connectivity index is 1.37. The molecule has 1 aromatic heterocycles. The summed E-state index contributed by atoms with van der Waals surface area (Å²) in [6.07, 6.45) is 4.73. The van der Waals surface area contributed by atoms with E-state index in [0.29, 0.717) is 5.92 Å². The van der Waals surface area contributed by atoms with Gasteiger partial charge in [-0.3, -0.25) is 0 Å². The van der Waals surface area contributed by atoms with Crippen molar-refractivity contribution in [2.24, 2.45) is 0 Å². The van der Waals surface area contributed by atoms with Crippen LogP contribution in [0.15, 0.2) is 48.5 Å². The van der Waals surface area contributed by atoms with E-state index in [1.807, 2.05) is 12.1 Å². The minimum Gasteiger partial charge on any atom is -0.497 e. The molecule has 0 bridgehead atoms. The van der Waals surface area contributed by atoms with Crippen LogP contribution in [0.4, 0.5) is 17.2 Å². The van der Waals surface area contributed by atoms with Crippen LogP contribution in [0.3, 0.4) is 0 Å². The van der Waals surface area contributed by atoms with Crippen molar-refractivity contribution in [2.75, 3.05) is 23.9 Å². The van der Waals surface area contributed by atoms with Crippen molar-refractivity contribution < 1.29 is 9.84 Å². The van der Waals surface area contributed by atoms with Crippen molar-refractivity contribution in [1.82, 2.24) is 9.78 Å². The van der Waals surface area contributed by atoms with Crippen molar-refractivity contribution >= 4 is 17.2 Å². The van der Waals surface area contributed by atoms with Gasteiger partial charge < -0.3 is 20.1 Å². The molecule has 0 unspecified atom stereocenters. The lowest BCUT2D eigenvalue weighted by Gasteiger charge is -2.32. The molecule has 2 atom stereocenters. The Bertz CT molecular complexity index is 1160. The van der Waals surface area contributed by atoms with Gasteiger partial charge >= 0.3 is 0 Å². The minimum atomic E-state index is -0.197. The van der Waals surface area contributed by atoms with E-state index in [2.05, 4.69) is 72.1 Å². The van der Waals surface area contributed by atoms with Crippen LogP contribution in [0.1, 0.15) is 69.2 Å². The van der Waals surface area contributed by atoms with Crippen LogP contribution < -0.4 is 15.0 Å². The molecule has 1 saturated carbocycles. The van der Waals surface area contributed by atoms with Crippen LogP contribution in [0, 0.1) is 0 Å². The normalized spacial score (nSPS) is 20.1. The van der Waals surface area contributed by atoms with Gasteiger partial charge in [0.25, 0.3) is 0 Å². The van der Waals surface area contributed by atoms with E-state index >= 15 is 0 Å². The average Bonchev–Trinajstić information content (AvgIpc) is 3.46. The molecule has 1 aliphatic carbocycles. The van der Waals surface area contributed by atoms with Gasteiger partial charge in [-0.15, -0.1) is 0 Å². The highest BCUT2D eigenvalue weighted by Crippen LogP contribution is 2.37. The third-order valence-corrected chi connectivity index (χ3v) is 7.29. The van der Waals surface area contributed by atoms with Crippen LogP contribution >= 0.6 is 0 Å². The number of methoxy groups -OCH3 is 1. The number of fused-ring (bicyclic) bond motifs is 1. The van der Waals surface area contributed by atoms with Gasteiger partial charge in [0.15, 0.2) is 0 Å². The number of aliphatic hydroxyl groups is 1. The van der Waals surface area contributed by atoms with E-state index in [-0.39, 0.29) is 11.6 Å². The smallest absolute Gasteiger partial charge is 0.129 e. The first-order valence-electron chi connectivity index (χ1n) is 12.9. The highest BCUT2D eigenvalue weighted by atomic mass is 16.5. The number of hydrogen-bond acceptors (Lipinski definition) is 5. The summed E-state index contributed by atoms with van der Waals surface area (Å²) in [5.41, 5.74) is 6.04. The second-order valence-electron chi connectivity index (χ2n) is 11.0. The molecule has 186 valence electrons. The Morgan fingerprint density at radius 3 is 2.57 bits per heavy atom. The molecule has 2 heterocycles. The van der Waals surface area contributed by atoms with E-state index in [9.17, 15) is 5.11 Å². The van der Waals surface area contributed by atoms with Crippen LogP contribution in [0.5, 0.6) is 5.75 Å². The summed E-state index contributed by atoms with van der Waals surface area (Å²) in [6, 6.07) is 17.3. The van der Waals surface area contributed by atoms with E-state index < -0.39 is 0 Å². The average molecular weight is 475 g/mol. The number of hydrogen-bond donors (Lipinski definition) is 2. The molecule has 0 spiro atoms. The maximum Gasteiger partial charge on any atom is 0.129 e. The summed E-state index contributed by atoms with van der Waals surface area (Å²) in [4.78, 5) is 2.48. The Morgan fingerprint density at radius 1 is 1.09 bits per heavy atom. The van der Waals surface area contributed by atoms with Crippen LogP contribution in [-0.2, 0) is 18.5 Å². The molecule has 6 heteroatoms. The number of nitrogens with one attached hydrogen (secondary N) is 1. The molecule has 2 aliphatic rings. The number of aryl methyl sites for hydroxylation is 1. The zero-order valence-corrected chi connectivity index (χ0v) is 21.4. The summed E-state index contributed by atoms with van der Waals surface area (Å²) in [5.74, 6) is 2.24. The third-order valence-electron chi connectivity index (χ3n) is 7.29. The fourth-order valence-electron chi connectivity index (χ4n) is 5.44. The van der Waals surface area contributed by atoms with Crippen LogP contribution in [0.2, 0.25) is 0 Å². The number of ether oxygens (including phenoxy) is 1. The van der Waals surface area contributed by atoms with Crippen LogP contribution in [0.25, 0.3) is 0 Å². The highest BCUT2D eigenvalue weighted by molar-refractivity contribution is 5.66. The summed E-state index contributed by atoms with van der Waals surface area (Å²) < 4.78 is 7.40. The largest absolute Gasteiger partial charge is 0.497 e. The molecule has 5 rings (SSSR count). The monoisotopic (exact) mass is 474 g/mol. The van der Waals surface area contributed by atoms with Crippen LogP contribution in [-0.4, -0.2) is 34.6 Å². The van der Waals surface area contributed by atoms with Crippen molar-refractivity contribution in [1.29, 1.82) is 0 Å². The molecule has 0 amide bonds. The first kappa shape index (κ1) is 23.7. The van der Waals surface area contributed by atoms with Gasteiger partial charge in [-0.25, -0.2) is 4.68 Å². The number of nitrogens with zero attached hydrogens (tertiary/aromatic N) is 3. The number of aromatic nitrogens is 2. The van der Waals surface area contributed by atoms with Gasteiger partial charge in [0.1, 0.15) is 11.6 Å². The van der Waals surface area contributed by atoms with Crippen molar-refractivity contribution in [2.45, 2.75) is 77.0 Å². The molecule has 1 fully saturated rings. The van der Waals surface area contributed by atoms with Crippen molar-refractivity contribution in [3.8, 4) is 5.75 Å². The zero-order chi connectivity index (χ0) is 24.6. The molecule has 0 radical (unpaired) electrons. The minimum absolute atomic E-state index is 0.138. The predicted molar refractivity (Wildman–Crippen MR) is 142 cm³/mol. The van der Waals surface area contributed by atoms with E-state index in [1.165, 1.54) is 16.8 Å². The molecule has 1 aliphatic heterocycles. The van der Waals surface area contributed by atoms with Gasteiger partial charge in [-0.2, -0.15) is 5.10 Å². The summed E-state index contributed by atoms with van der Waals surface area (Å²) >= 11 is 0.